The number of aryl methyl sites for hydroxylation is 2. The van der Waals surface area contributed by atoms with Gasteiger partial charge in [-0.05, 0) is 120 Å². The van der Waals surface area contributed by atoms with E-state index < -0.39 is 0 Å². The highest BCUT2D eigenvalue weighted by atomic mass is 15.1. The van der Waals surface area contributed by atoms with Crippen LogP contribution < -0.4 is 4.90 Å². The molecular formula is C46H35N3. The molecule has 0 aromatic heterocycles. The van der Waals surface area contributed by atoms with Crippen LogP contribution in [0, 0.1) is 42.4 Å². The quantitative estimate of drug-likeness (QED) is 0.177. The van der Waals surface area contributed by atoms with Crippen LogP contribution in [0.5, 0.6) is 0 Å². The van der Waals surface area contributed by atoms with Gasteiger partial charge in [-0.1, -0.05) is 102 Å². The van der Waals surface area contributed by atoms with Crippen molar-refractivity contribution in [3.8, 4) is 12.1 Å². The predicted octanol–water partition coefficient (Wildman–Crippen LogP) is 11.4. The van der Waals surface area contributed by atoms with Crippen molar-refractivity contribution in [3.63, 3.8) is 0 Å². The van der Waals surface area contributed by atoms with Crippen molar-refractivity contribution < 1.29 is 0 Å². The van der Waals surface area contributed by atoms with Crippen LogP contribution in [0.4, 0.5) is 17.1 Å². The maximum atomic E-state index is 9.51. The Morgan fingerprint density at radius 1 is 0.612 bits per heavy atom. The van der Waals surface area contributed by atoms with Crippen molar-refractivity contribution >= 4 is 40.0 Å². The second kappa shape index (κ2) is 12.5. The number of hydrogen-bond donors (Lipinski definition) is 0. The third-order valence-electron chi connectivity index (χ3n) is 10.3. The molecule has 6 aromatic rings. The van der Waals surface area contributed by atoms with Crippen LogP contribution in [0.25, 0.3) is 22.9 Å². The molecule has 0 amide bonds. The fourth-order valence-electron chi connectivity index (χ4n) is 7.75. The Bertz CT molecular complexity index is 2330. The normalized spacial score (nSPS) is 16.2. The predicted molar refractivity (Wildman–Crippen MR) is 201 cm³/mol. The minimum Gasteiger partial charge on any atom is -0.310 e. The Morgan fingerprint density at radius 2 is 1.18 bits per heavy atom. The monoisotopic (exact) mass is 629 g/mol. The number of rotatable bonds is 7. The molecule has 0 bridgehead atoms. The van der Waals surface area contributed by atoms with Crippen LogP contribution in [0.1, 0.15) is 61.9 Å². The van der Waals surface area contributed by atoms with Gasteiger partial charge in [0.15, 0.2) is 0 Å². The molecule has 0 radical (unpaired) electrons. The van der Waals surface area contributed by atoms with Crippen molar-refractivity contribution in [3.05, 3.63) is 184 Å². The second-order valence-electron chi connectivity index (χ2n) is 13.3. The highest BCUT2D eigenvalue weighted by Crippen LogP contribution is 2.51. The Kier molecular flexibility index (Phi) is 7.68. The summed E-state index contributed by atoms with van der Waals surface area (Å²) in [7, 11) is 0. The maximum absolute atomic E-state index is 9.51. The fourth-order valence-corrected chi connectivity index (χ4v) is 7.75. The number of nitriles is 2. The van der Waals surface area contributed by atoms with Crippen molar-refractivity contribution in [1.29, 1.82) is 10.5 Å². The van der Waals surface area contributed by atoms with E-state index in [1.807, 2.05) is 36.4 Å². The summed E-state index contributed by atoms with van der Waals surface area (Å²) >= 11 is 0. The van der Waals surface area contributed by atoms with E-state index in [-0.39, 0.29) is 17.8 Å². The van der Waals surface area contributed by atoms with Gasteiger partial charge in [0.2, 0.25) is 0 Å². The molecule has 2 aliphatic carbocycles. The minimum absolute atomic E-state index is 0.207. The average molecular weight is 630 g/mol. The number of anilines is 3. The van der Waals surface area contributed by atoms with Crippen LogP contribution >= 0.6 is 0 Å². The first-order valence-corrected chi connectivity index (χ1v) is 16.9. The lowest BCUT2D eigenvalue weighted by molar-refractivity contribution is 0.462. The summed E-state index contributed by atoms with van der Waals surface area (Å²) in [5.74, 6) is 0.699. The molecule has 6 aromatic carbocycles. The van der Waals surface area contributed by atoms with Crippen LogP contribution in [-0.4, -0.2) is 0 Å². The van der Waals surface area contributed by atoms with Gasteiger partial charge >= 0.3 is 0 Å². The Hall–Kier alpha value is -6.16. The smallest absolute Gasteiger partial charge is 0.0991 e. The Morgan fingerprint density at radius 3 is 1.84 bits per heavy atom. The molecule has 0 N–H and O–H groups in total. The highest BCUT2D eigenvalue weighted by Gasteiger charge is 2.35. The number of benzene rings is 6. The lowest BCUT2D eigenvalue weighted by Crippen LogP contribution is -2.24. The zero-order valence-corrected chi connectivity index (χ0v) is 27.6. The summed E-state index contributed by atoms with van der Waals surface area (Å²) in [6.45, 7) is 4.25. The minimum atomic E-state index is 0.207. The van der Waals surface area contributed by atoms with E-state index >= 15 is 0 Å². The second-order valence-corrected chi connectivity index (χ2v) is 13.3. The van der Waals surface area contributed by atoms with Crippen LogP contribution in [-0.2, 0) is 6.42 Å². The van der Waals surface area contributed by atoms with Gasteiger partial charge in [0.05, 0.1) is 29.0 Å². The van der Waals surface area contributed by atoms with Gasteiger partial charge in [0.1, 0.15) is 0 Å². The number of hydrogen-bond acceptors (Lipinski definition) is 3. The molecule has 0 fully saturated rings. The summed E-state index contributed by atoms with van der Waals surface area (Å²) in [5.41, 5.74) is 13.5. The third-order valence-corrected chi connectivity index (χ3v) is 10.3. The van der Waals surface area contributed by atoms with E-state index in [4.69, 9.17) is 0 Å². The molecule has 0 saturated carbocycles. The molecule has 8 rings (SSSR count). The summed E-state index contributed by atoms with van der Waals surface area (Å²) < 4.78 is 0. The van der Waals surface area contributed by atoms with Crippen molar-refractivity contribution in [2.75, 3.05) is 4.90 Å². The maximum Gasteiger partial charge on any atom is 0.0991 e. The fraction of sp³-hybridized carbons (Fsp3) is 0.130. The lowest BCUT2D eigenvalue weighted by Gasteiger charge is -2.37. The SMILES string of the molecule is Cc1ccc(C(Cc2ccc(C#N)cc2)C2C=Cc3ccc4c(N(c5ccc(C)cc5)c5ccc(C#N)cc5)ccc5c4c3C2C=C5)cc1. The first kappa shape index (κ1) is 30.2. The lowest BCUT2D eigenvalue weighted by atomic mass is 9.66. The molecule has 3 atom stereocenters. The summed E-state index contributed by atoms with van der Waals surface area (Å²) in [6, 6.07) is 47.3. The number of allylic oxidation sites excluding steroid dienone is 2. The van der Waals surface area contributed by atoms with Gasteiger partial charge in [0, 0.05) is 22.7 Å². The molecule has 49 heavy (non-hydrogen) atoms. The molecular weight excluding hydrogens is 595 g/mol. The number of nitrogens with zero attached hydrogens (tertiary/aromatic N) is 3. The van der Waals surface area contributed by atoms with Crippen molar-refractivity contribution in [2.24, 2.45) is 5.92 Å². The molecule has 234 valence electrons. The summed E-state index contributed by atoms with van der Waals surface area (Å²) in [5, 5.41) is 21.4. The van der Waals surface area contributed by atoms with E-state index in [2.05, 4.69) is 140 Å². The van der Waals surface area contributed by atoms with Crippen LogP contribution in [0.3, 0.4) is 0 Å². The molecule has 0 spiro atoms. The van der Waals surface area contributed by atoms with Gasteiger partial charge in [-0.15, -0.1) is 0 Å². The largest absolute Gasteiger partial charge is 0.310 e. The zero-order valence-electron chi connectivity index (χ0n) is 27.6. The Labute approximate surface area is 288 Å². The highest BCUT2D eigenvalue weighted by molar-refractivity contribution is 6.07. The van der Waals surface area contributed by atoms with E-state index in [0.717, 1.165) is 23.5 Å². The summed E-state index contributed by atoms with van der Waals surface area (Å²) in [4.78, 5) is 2.32. The zero-order chi connectivity index (χ0) is 33.5. The van der Waals surface area contributed by atoms with Gasteiger partial charge < -0.3 is 4.90 Å². The first-order valence-electron chi connectivity index (χ1n) is 16.9. The molecule has 3 unspecified atom stereocenters. The third kappa shape index (κ3) is 5.50. The van der Waals surface area contributed by atoms with Gasteiger partial charge in [-0.25, -0.2) is 0 Å². The Balaban J connectivity index is 1.27. The molecule has 0 heterocycles. The van der Waals surface area contributed by atoms with Crippen LogP contribution in [0.15, 0.2) is 133 Å². The van der Waals surface area contributed by atoms with Gasteiger partial charge in [-0.3, -0.25) is 0 Å². The van der Waals surface area contributed by atoms with E-state index in [0.29, 0.717) is 11.1 Å². The molecule has 0 saturated heterocycles. The topological polar surface area (TPSA) is 50.8 Å². The molecule has 2 aliphatic rings. The van der Waals surface area contributed by atoms with E-state index in [1.54, 1.807) is 0 Å². The molecule has 0 aliphatic heterocycles. The van der Waals surface area contributed by atoms with Gasteiger partial charge in [-0.2, -0.15) is 10.5 Å². The summed E-state index contributed by atoms with van der Waals surface area (Å²) in [6.07, 6.45) is 10.4. The van der Waals surface area contributed by atoms with Crippen molar-refractivity contribution in [1.82, 2.24) is 0 Å². The molecule has 3 heteroatoms. The van der Waals surface area contributed by atoms with Crippen molar-refractivity contribution in [2.45, 2.75) is 32.1 Å². The first-order chi connectivity index (χ1) is 24.0. The average Bonchev–Trinajstić information content (AvgIpc) is 3.15. The molecule has 3 nitrogen and oxygen atoms in total. The van der Waals surface area contributed by atoms with E-state index in [1.165, 1.54) is 49.7 Å². The van der Waals surface area contributed by atoms with Crippen LogP contribution in [0.2, 0.25) is 0 Å². The standard InChI is InChI=1S/C46H35N3/c1-30-3-13-35(14-4-30)43(27-32-7-9-33(28-47)10-8-32)40-23-15-36-17-25-42-44(26-18-37-16-24-41(40)45(36)46(37)42)49(38-19-5-31(2)6-20-38)39-21-11-34(29-48)12-22-39/h3-26,40-41,43H,27H2,1-2H3. The van der Waals surface area contributed by atoms with Gasteiger partial charge in [0.25, 0.3) is 0 Å². The van der Waals surface area contributed by atoms with E-state index in [9.17, 15) is 10.5 Å².